The van der Waals surface area contributed by atoms with Crippen LogP contribution in [0, 0.1) is 11.3 Å². The van der Waals surface area contributed by atoms with Crippen LogP contribution in [0.15, 0.2) is 17.0 Å². The van der Waals surface area contributed by atoms with Gasteiger partial charge in [0, 0.05) is 0 Å². The summed E-state index contributed by atoms with van der Waals surface area (Å²) in [5.41, 5.74) is -0.452. The number of ether oxygens (including phenoxy) is 2. The summed E-state index contributed by atoms with van der Waals surface area (Å²) < 4.78 is 44.4. The summed E-state index contributed by atoms with van der Waals surface area (Å²) in [6.07, 6.45) is -4.95. The first-order chi connectivity index (χ1) is 8.28. The molecule has 0 aliphatic carbocycles. The molecular formula is C10H6F3NO3S. The van der Waals surface area contributed by atoms with Gasteiger partial charge >= 0.3 is 12.3 Å². The molecular weight excluding hydrogens is 271 g/mol. The Bertz CT molecular complexity index is 522. The monoisotopic (exact) mass is 277 g/mol. The summed E-state index contributed by atoms with van der Waals surface area (Å²) in [5, 5.41) is 8.67. The summed E-state index contributed by atoms with van der Waals surface area (Å²) in [5.74, 6) is -1.64. The summed E-state index contributed by atoms with van der Waals surface area (Å²) in [6, 6.07) is 3.51. The first-order valence-corrected chi connectivity index (χ1v) is 4.84. The molecule has 18 heavy (non-hydrogen) atoms. The average Bonchev–Trinajstić information content (AvgIpc) is 2.29. The maximum Gasteiger partial charge on any atom is 0.573 e. The second kappa shape index (κ2) is 5.18. The third-order valence-electron chi connectivity index (χ3n) is 1.84. The van der Waals surface area contributed by atoms with Gasteiger partial charge in [-0.3, -0.25) is 0 Å². The number of carbonyl (C=O) groups excluding carboxylic acids is 1. The van der Waals surface area contributed by atoms with Crippen molar-refractivity contribution in [2.24, 2.45) is 0 Å². The predicted octanol–water partition coefficient (Wildman–Crippen LogP) is 2.53. The number of rotatable bonds is 2. The Morgan fingerprint density at radius 1 is 1.44 bits per heavy atom. The van der Waals surface area contributed by atoms with Crippen molar-refractivity contribution in [3.63, 3.8) is 0 Å². The molecule has 1 rings (SSSR count). The fourth-order valence-electron chi connectivity index (χ4n) is 1.14. The molecule has 1 aromatic carbocycles. The fraction of sp³-hybridized carbons (Fsp3) is 0.200. The van der Waals surface area contributed by atoms with Crippen molar-refractivity contribution in [1.82, 2.24) is 0 Å². The van der Waals surface area contributed by atoms with Crippen LogP contribution in [0.25, 0.3) is 0 Å². The molecule has 0 radical (unpaired) electrons. The molecule has 0 aliphatic heterocycles. The van der Waals surface area contributed by atoms with Gasteiger partial charge in [0.15, 0.2) is 0 Å². The average molecular weight is 277 g/mol. The number of carbonyl (C=O) groups is 1. The highest BCUT2D eigenvalue weighted by molar-refractivity contribution is 7.80. The van der Waals surface area contributed by atoms with Crippen molar-refractivity contribution in [1.29, 1.82) is 5.26 Å². The molecule has 4 nitrogen and oxygen atoms in total. The Morgan fingerprint density at radius 2 is 2.06 bits per heavy atom. The topological polar surface area (TPSA) is 59.3 Å². The SMILES string of the molecule is COC(=O)c1cc(C#N)cc(OC(F)(F)F)c1S. The van der Waals surface area contributed by atoms with E-state index in [9.17, 15) is 18.0 Å². The maximum atomic E-state index is 12.1. The van der Waals surface area contributed by atoms with Gasteiger partial charge in [-0.05, 0) is 12.1 Å². The van der Waals surface area contributed by atoms with Crippen LogP contribution >= 0.6 is 12.6 Å². The van der Waals surface area contributed by atoms with Crippen LogP contribution < -0.4 is 4.74 Å². The number of thiol groups is 1. The van der Waals surface area contributed by atoms with Crippen LogP contribution in [0.3, 0.4) is 0 Å². The van der Waals surface area contributed by atoms with Crippen molar-refractivity contribution >= 4 is 18.6 Å². The zero-order chi connectivity index (χ0) is 13.9. The first-order valence-electron chi connectivity index (χ1n) is 4.39. The van der Waals surface area contributed by atoms with Gasteiger partial charge in [0.05, 0.1) is 29.2 Å². The van der Waals surface area contributed by atoms with E-state index >= 15 is 0 Å². The highest BCUT2D eigenvalue weighted by Crippen LogP contribution is 2.33. The highest BCUT2D eigenvalue weighted by Gasteiger charge is 2.33. The molecule has 8 heteroatoms. The summed E-state index contributed by atoms with van der Waals surface area (Å²) in [6.45, 7) is 0. The van der Waals surface area contributed by atoms with E-state index in [1.54, 1.807) is 6.07 Å². The van der Waals surface area contributed by atoms with Crippen LogP contribution in [0.1, 0.15) is 15.9 Å². The molecule has 0 spiro atoms. The quantitative estimate of drug-likeness (QED) is 0.666. The molecule has 0 heterocycles. The van der Waals surface area contributed by atoms with Crippen LogP contribution in [-0.4, -0.2) is 19.4 Å². The number of methoxy groups -OCH3 is 1. The first kappa shape index (κ1) is 14.2. The lowest BCUT2D eigenvalue weighted by Crippen LogP contribution is -2.18. The number of nitriles is 1. The van der Waals surface area contributed by atoms with Crippen LogP contribution in [0.5, 0.6) is 5.75 Å². The molecule has 0 fully saturated rings. The van der Waals surface area contributed by atoms with Crippen molar-refractivity contribution in [3.8, 4) is 11.8 Å². The summed E-state index contributed by atoms with van der Waals surface area (Å²) in [7, 11) is 1.05. The molecule has 96 valence electrons. The second-order valence-corrected chi connectivity index (χ2v) is 3.47. The Balaban J connectivity index is 3.35. The fourth-order valence-corrected chi connectivity index (χ4v) is 1.41. The van der Waals surface area contributed by atoms with Gasteiger partial charge in [-0.15, -0.1) is 25.8 Å². The lowest BCUT2D eigenvalue weighted by Gasteiger charge is -2.13. The Morgan fingerprint density at radius 3 is 2.50 bits per heavy atom. The number of halogens is 3. The number of hydrogen-bond donors (Lipinski definition) is 1. The Labute approximate surface area is 105 Å². The lowest BCUT2D eigenvalue weighted by molar-refractivity contribution is -0.275. The summed E-state index contributed by atoms with van der Waals surface area (Å²) in [4.78, 5) is 11.0. The van der Waals surface area contributed by atoms with E-state index in [-0.39, 0.29) is 16.0 Å². The zero-order valence-electron chi connectivity index (χ0n) is 8.91. The van der Waals surface area contributed by atoms with E-state index in [0.29, 0.717) is 0 Å². The zero-order valence-corrected chi connectivity index (χ0v) is 9.80. The normalized spacial score (nSPS) is 10.7. The minimum Gasteiger partial charge on any atom is -0.465 e. The highest BCUT2D eigenvalue weighted by atomic mass is 32.1. The number of benzene rings is 1. The van der Waals surface area contributed by atoms with Gasteiger partial charge < -0.3 is 9.47 Å². The summed E-state index contributed by atoms with van der Waals surface area (Å²) >= 11 is 3.77. The molecule has 0 aliphatic rings. The van der Waals surface area contributed by atoms with E-state index in [0.717, 1.165) is 19.2 Å². The van der Waals surface area contributed by atoms with Gasteiger partial charge in [0.1, 0.15) is 5.75 Å². The molecule has 0 amide bonds. The standard InChI is InChI=1S/C10H6F3NO3S/c1-16-9(15)6-2-5(4-14)3-7(8(6)18)17-10(11,12)13/h2-3,18H,1H3. The molecule has 0 atom stereocenters. The van der Waals surface area contributed by atoms with E-state index in [1.807, 2.05) is 0 Å². The van der Waals surface area contributed by atoms with Gasteiger partial charge in [-0.25, -0.2) is 4.79 Å². The second-order valence-electron chi connectivity index (χ2n) is 3.02. The number of nitrogens with zero attached hydrogens (tertiary/aromatic N) is 1. The third kappa shape index (κ3) is 3.30. The number of alkyl halides is 3. The van der Waals surface area contributed by atoms with E-state index in [1.165, 1.54) is 0 Å². The van der Waals surface area contributed by atoms with Crippen molar-refractivity contribution < 1.29 is 27.4 Å². The molecule has 0 unspecified atom stereocenters. The maximum absolute atomic E-state index is 12.1. The van der Waals surface area contributed by atoms with Crippen molar-refractivity contribution in [2.75, 3.05) is 7.11 Å². The third-order valence-corrected chi connectivity index (χ3v) is 2.30. The van der Waals surface area contributed by atoms with Gasteiger partial charge in [-0.1, -0.05) is 0 Å². The Kier molecular flexibility index (Phi) is 4.08. The molecule has 1 aromatic rings. The minimum atomic E-state index is -4.95. The molecule has 0 aromatic heterocycles. The minimum absolute atomic E-state index is 0.174. The lowest BCUT2D eigenvalue weighted by atomic mass is 10.1. The molecule has 0 saturated heterocycles. The van der Waals surface area contributed by atoms with E-state index in [2.05, 4.69) is 22.1 Å². The van der Waals surface area contributed by atoms with Crippen LogP contribution in [0.4, 0.5) is 13.2 Å². The largest absolute Gasteiger partial charge is 0.573 e. The van der Waals surface area contributed by atoms with Crippen molar-refractivity contribution in [2.45, 2.75) is 11.3 Å². The van der Waals surface area contributed by atoms with Gasteiger partial charge in [0.25, 0.3) is 0 Å². The molecule has 0 N–H and O–H groups in total. The Hall–Kier alpha value is -1.88. The number of hydrogen-bond acceptors (Lipinski definition) is 5. The van der Waals surface area contributed by atoms with Gasteiger partial charge in [0.2, 0.25) is 0 Å². The van der Waals surface area contributed by atoms with E-state index < -0.39 is 18.1 Å². The molecule has 0 bridgehead atoms. The smallest absolute Gasteiger partial charge is 0.465 e. The van der Waals surface area contributed by atoms with Crippen LogP contribution in [-0.2, 0) is 4.74 Å². The molecule has 0 saturated carbocycles. The van der Waals surface area contributed by atoms with Crippen molar-refractivity contribution in [3.05, 3.63) is 23.3 Å². The van der Waals surface area contributed by atoms with E-state index in [4.69, 9.17) is 5.26 Å². The van der Waals surface area contributed by atoms with Gasteiger partial charge in [-0.2, -0.15) is 5.26 Å². The van der Waals surface area contributed by atoms with Crippen LogP contribution in [0.2, 0.25) is 0 Å². The predicted molar refractivity (Wildman–Crippen MR) is 56.4 cm³/mol. The number of esters is 1.